The molecule has 0 aliphatic heterocycles. The van der Waals surface area contributed by atoms with E-state index < -0.39 is 0 Å². The van der Waals surface area contributed by atoms with Gasteiger partial charge in [-0.1, -0.05) is 33.6 Å². The zero-order chi connectivity index (χ0) is 14.3. The fourth-order valence-corrected chi connectivity index (χ4v) is 2.65. The summed E-state index contributed by atoms with van der Waals surface area (Å²) in [6.07, 6.45) is 6.54. The van der Waals surface area contributed by atoms with Gasteiger partial charge in [-0.25, -0.2) is 4.79 Å². The predicted molar refractivity (Wildman–Crippen MR) is 78.1 cm³/mol. The van der Waals surface area contributed by atoms with Gasteiger partial charge in [0.2, 0.25) is 0 Å². The second kappa shape index (κ2) is 7.73. The molecular weight excluding hydrogens is 240 g/mol. The third kappa shape index (κ3) is 6.81. The number of aliphatic hydroxyl groups excluding tert-OH is 1. The molecule has 0 aromatic carbocycles. The molecule has 0 heterocycles. The topological polar surface area (TPSA) is 61.4 Å². The van der Waals surface area contributed by atoms with Crippen LogP contribution in [0.15, 0.2) is 0 Å². The lowest BCUT2D eigenvalue weighted by Crippen LogP contribution is -2.44. The number of amides is 2. The number of carbonyl (C=O) groups is 1. The summed E-state index contributed by atoms with van der Waals surface area (Å²) >= 11 is 0. The van der Waals surface area contributed by atoms with E-state index in [-0.39, 0.29) is 18.1 Å². The van der Waals surface area contributed by atoms with Crippen molar-refractivity contribution in [2.75, 3.05) is 13.2 Å². The highest BCUT2D eigenvalue weighted by Gasteiger charge is 2.20. The van der Waals surface area contributed by atoms with Gasteiger partial charge in [0.25, 0.3) is 0 Å². The zero-order valence-electron chi connectivity index (χ0n) is 12.7. The van der Waals surface area contributed by atoms with Crippen LogP contribution in [0.5, 0.6) is 0 Å². The first-order valence-corrected chi connectivity index (χ1v) is 7.58. The number of nitrogens with one attached hydrogen (secondary N) is 2. The van der Waals surface area contributed by atoms with Crippen molar-refractivity contribution in [3.05, 3.63) is 0 Å². The summed E-state index contributed by atoms with van der Waals surface area (Å²) in [5.41, 5.74) is -0.0447. The van der Waals surface area contributed by atoms with E-state index in [0.29, 0.717) is 12.6 Å². The number of hydrogen-bond acceptors (Lipinski definition) is 2. The lowest BCUT2D eigenvalue weighted by molar-refractivity contribution is 0.148. The molecule has 1 saturated carbocycles. The summed E-state index contributed by atoms with van der Waals surface area (Å²) in [6.45, 7) is 7.20. The second-order valence-corrected chi connectivity index (χ2v) is 6.79. The molecule has 0 saturated heterocycles. The molecule has 1 aliphatic rings. The molecule has 112 valence electrons. The molecule has 4 heteroatoms. The minimum atomic E-state index is -0.0447. The van der Waals surface area contributed by atoms with Crippen LogP contribution in [-0.2, 0) is 0 Å². The number of urea groups is 1. The summed E-state index contributed by atoms with van der Waals surface area (Å²) in [5.74, 6) is 0.726. The highest BCUT2D eigenvalue weighted by Crippen LogP contribution is 2.23. The van der Waals surface area contributed by atoms with E-state index in [9.17, 15) is 4.79 Å². The van der Waals surface area contributed by atoms with Gasteiger partial charge in [0.1, 0.15) is 0 Å². The Morgan fingerprint density at radius 3 is 2.74 bits per heavy atom. The number of carbonyl (C=O) groups excluding carboxylic acids is 1. The Labute approximate surface area is 117 Å². The average molecular weight is 270 g/mol. The van der Waals surface area contributed by atoms with E-state index in [1.807, 2.05) is 13.8 Å². The molecule has 1 fully saturated rings. The van der Waals surface area contributed by atoms with E-state index in [1.54, 1.807) is 0 Å². The van der Waals surface area contributed by atoms with Crippen LogP contribution in [0.3, 0.4) is 0 Å². The lowest BCUT2D eigenvalue weighted by atomic mass is 9.87. The summed E-state index contributed by atoms with van der Waals surface area (Å²) in [7, 11) is 0. The smallest absolute Gasteiger partial charge is 0.315 e. The van der Waals surface area contributed by atoms with Crippen molar-refractivity contribution >= 4 is 6.03 Å². The van der Waals surface area contributed by atoms with E-state index >= 15 is 0 Å². The monoisotopic (exact) mass is 270 g/mol. The largest absolute Gasteiger partial charge is 0.396 e. The highest BCUT2D eigenvalue weighted by atomic mass is 16.3. The van der Waals surface area contributed by atoms with Crippen molar-refractivity contribution in [1.29, 1.82) is 0 Å². The third-order valence-corrected chi connectivity index (χ3v) is 4.02. The summed E-state index contributed by atoms with van der Waals surface area (Å²) in [4.78, 5) is 11.7. The van der Waals surface area contributed by atoms with Crippen molar-refractivity contribution in [1.82, 2.24) is 10.6 Å². The predicted octanol–water partition coefficient (Wildman–Crippen LogP) is 2.66. The molecule has 19 heavy (non-hydrogen) atoms. The molecule has 2 atom stereocenters. The summed E-state index contributed by atoms with van der Waals surface area (Å²) < 4.78 is 0. The first kappa shape index (κ1) is 16.3. The minimum Gasteiger partial charge on any atom is -0.396 e. The molecule has 4 nitrogen and oxygen atoms in total. The van der Waals surface area contributed by atoms with Crippen LogP contribution in [0.25, 0.3) is 0 Å². The zero-order valence-corrected chi connectivity index (χ0v) is 12.7. The lowest BCUT2D eigenvalue weighted by Gasteiger charge is -2.27. The van der Waals surface area contributed by atoms with E-state index in [0.717, 1.165) is 31.6 Å². The van der Waals surface area contributed by atoms with Gasteiger partial charge in [-0.05, 0) is 37.0 Å². The Hall–Kier alpha value is -0.770. The maximum atomic E-state index is 11.7. The van der Waals surface area contributed by atoms with Gasteiger partial charge in [0.05, 0.1) is 0 Å². The molecule has 0 bridgehead atoms. The fourth-order valence-electron chi connectivity index (χ4n) is 2.65. The maximum Gasteiger partial charge on any atom is 0.315 e. The van der Waals surface area contributed by atoms with Gasteiger partial charge in [0, 0.05) is 19.2 Å². The summed E-state index contributed by atoms with van der Waals surface area (Å²) in [6, 6.07) is 0.304. The fraction of sp³-hybridized carbons (Fsp3) is 0.933. The second-order valence-electron chi connectivity index (χ2n) is 6.79. The highest BCUT2D eigenvalue weighted by molar-refractivity contribution is 5.74. The van der Waals surface area contributed by atoms with E-state index in [2.05, 4.69) is 17.6 Å². The minimum absolute atomic E-state index is 0.0408. The standard InChI is InChI=1S/C15H30N2O2/c1-12-6-4-7-13(10-12)17-14(19)16-9-5-8-15(2,3)11-18/h12-13,18H,4-11H2,1-3H3,(H2,16,17,19). The van der Waals surface area contributed by atoms with Crippen molar-refractivity contribution in [2.24, 2.45) is 11.3 Å². The van der Waals surface area contributed by atoms with Gasteiger partial charge in [-0.2, -0.15) is 0 Å². The van der Waals surface area contributed by atoms with Crippen molar-refractivity contribution < 1.29 is 9.90 Å². The van der Waals surface area contributed by atoms with Crippen LogP contribution in [0.4, 0.5) is 4.79 Å². The van der Waals surface area contributed by atoms with Crippen molar-refractivity contribution in [2.45, 2.75) is 65.3 Å². The van der Waals surface area contributed by atoms with E-state index in [1.165, 1.54) is 12.8 Å². The molecule has 1 rings (SSSR count). The normalized spacial score (nSPS) is 24.0. The van der Waals surface area contributed by atoms with Crippen LogP contribution in [0.2, 0.25) is 0 Å². The Bertz CT molecular complexity index is 279. The third-order valence-electron chi connectivity index (χ3n) is 4.02. The number of aliphatic hydroxyl groups is 1. The molecule has 0 spiro atoms. The molecule has 0 radical (unpaired) electrons. The molecule has 2 amide bonds. The van der Waals surface area contributed by atoms with Gasteiger partial charge < -0.3 is 15.7 Å². The van der Waals surface area contributed by atoms with Gasteiger partial charge in [-0.3, -0.25) is 0 Å². The first-order chi connectivity index (χ1) is 8.93. The quantitative estimate of drug-likeness (QED) is 0.650. The molecule has 2 unspecified atom stereocenters. The maximum absolute atomic E-state index is 11.7. The Balaban J connectivity index is 2.11. The SMILES string of the molecule is CC1CCCC(NC(=O)NCCCC(C)(C)CO)C1. The Kier molecular flexibility index (Phi) is 6.63. The molecule has 3 N–H and O–H groups in total. The van der Waals surface area contributed by atoms with Crippen molar-refractivity contribution in [3.8, 4) is 0 Å². The van der Waals surface area contributed by atoms with Crippen molar-refractivity contribution in [3.63, 3.8) is 0 Å². The number of rotatable bonds is 6. The summed E-state index contributed by atoms with van der Waals surface area (Å²) in [5, 5.41) is 15.1. The number of hydrogen-bond donors (Lipinski definition) is 3. The first-order valence-electron chi connectivity index (χ1n) is 7.58. The molecule has 0 aromatic heterocycles. The Morgan fingerprint density at radius 2 is 2.11 bits per heavy atom. The molecule has 1 aliphatic carbocycles. The van der Waals surface area contributed by atoms with Crippen LogP contribution in [0, 0.1) is 11.3 Å². The average Bonchev–Trinajstić information content (AvgIpc) is 2.35. The van der Waals surface area contributed by atoms with Gasteiger partial charge >= 0.3 is 6.03 Å². The van der Waals surface area contributed by atoms with Crippen LogP contribution < -0.4 is 10.6 Å². The van der Waals surface area contributed by atoms with Crippen LogP contribution in [-0.4, -0.2) is 30.3 Å². The molecule has 0 aromatic rings. The molecular formula is C15H30N2O2. The Morgan fingerprint density at radius 1 is 1.37 bits per heavy atom. The van der Waals surface area contributed by atoms with Gasteiger partial charge in [-0.15, -0.1) is 0 Å². The van der Waals surface area contributed by atoms with E-state index in [4.69, 9.17) is 5.11 Å². The van der Waals surface area contributed by atoms with Crippen LogP contribution in [0.1, 0.15) is 59.3 Å². The van der Waals surface area contributed by atoms with Crippen LogP contribution >= 0.6 is 0 Å². The van der Waals surface area contributed by atoms with Gasteiger partial charge in [0.15, 0.2) is 0 Å².